The highest BCUT2D eigenvalue weighted by molar-refractivity contribution is 6.30. The molecule has 0 bridgehead atoms. The van der Waals surface area contributed by atoms with Crippen LogP contribution >= 0.6 is 11.6 Å². The molecule has 108 valence electrons. The van der Waals surface area contributed by atoms with Gasteiger partial charge in [-0.25, -0.2) is 4.68 Å². The molecule has 1 aliphatic heterocycles. The second-order valence-corrected chi connectivity index (χ2v) is 5.15. The van der Waals surface area contributed by atoms with Gasteiger partial charge in [-0.15, -0.1) is 0 Å². The van der Waals surface area contributed by atoms with Crippen LogP contribution < -0.4 is 10.6 Å². The van der Waals surface area contributed by atoms with Gasteiger partial charge in [0, 0.05) is 17.1 Å². The van der Waals surface area contributed by atoms with Crippen LogP contribution in [0.15, 0.2) is 30.6 Å². The number of halogens is 1. The number of rotatable bonds is 3. The summed E-state index contributed by atoms with van der Waals surface area (Å²) in [6.07, 6.45) is 1.44. The predicted octanol–water partition coefficient (Wildman–Crippen LogP) is 1.53. The third-order valence-corrected chi connectivity index (χ3v) is 3.43. The summed E-state index contributed by atoms with van der Waals surface area (Å²) in [6, 6.07) is 6.78. The number of benzene rings is 1. The SMILES string of the molecule is O=C(CC1Cn2ncnc2NC1=O)Nc1ccc(Cl)cc1. The van der Waals surface area contributed by atoms with E-state index in [4.69, 9.17) is 11.6 Å². The fourth-order valence-corrected chi connectivity index (χ4v) is 2.25. The number of carbonyl (C=O) groups is 2. The van der Waals surface area contributed by atoms with Crippen LogP contribution in [0.3, 0.4) is 0 Å². The zero-order valence-corrected chi connectivity index (χ0v) is 11.7. The van der Waals surface area contributed by atoms with Crippen molar-refractivity contribution in [1.82, 2.24) is 14.8 Å². The van der Waals surface area contributed by atoms with Gasteiger partial charge < -0.3 is 5.32 Å². The summed E-state index contributed by atoms with van der Waals surface area (Å²) in [5.41, 5.74) is 0.641. The molecule has 1 aliphatic rings. The van der Waals surface area contributed by atoms with Crippen LogP contribution in [0.1, 0.15) is 6.42 Å². The molecule has 0 fully saturated rings. The van der Waals surface area contributed by atoms with Crippen LogP contribution in [-0.2, 0) is 16.1 Å². The number of hydrogen-bond donors (Lipinski definition) is 2. The Balaban J connectivity index is 1.62. The minimum atomic E-state index is -0.466. The normalized spacial score (nSPS) is 17.0. The van der Waals surface area contributed by atoms with Crippen molar-refractivity contribution in [3.63, 3.8) is 0 Å². The Labute approximate surface area is 125 Å². The quantitative estimate of drug-likeness (QED) is 0.900. The summed E-state index contributed by atoms with van der Waals surface area (Å²) in [5, 5.41) is 9.93. The van der Waals surface area contributed by atoms with Gasteiger partial charge in [-0.1, -0.05) is 11.6 Å². The Morgan fingerprint density at radius 3 is 2.95 bits per heavy atom. The van der Waals surface area contributed by atoms with E-state index in [1.165, 1.54) is 6.33 Å². The van der Waals surface area contributed by atoms with E-state index in [9.17, 15) is 9.59 Å². The second-order valence-electron chi connectivity index (χ2n) is 4.71. The number of anilines is 2. The molecule has 2 aromatic rings. The molecule has 2 heterocycles. The molecule has 1 aromatic carbocycles. The van der Waals surface area contributed by atoms with E-state index < -0.39 is 5.92 Å². The molecule has 0 spiro atoms. The molecule has 0 saturated heterocycles. The summed E-state index contributed by atoms with van der Waals surface area (Å²) in [6.45, 7) is 0.342. The summed E-state index contributed by atoms with van der Waals surface area (Å²) in [5.74, 6) is -0.511. The maximum Gasteiger partial charge on any atom is 0.232 e. The summed E-state index contributed by atoms with van der Waals surface area (Å²) in [4.78, 5) is 27.8. The largest absolute Gasteiger partial charge is 0.326 e. The third-order valence-electron chi connectivity index (χ3n) is 3.17. The highest BCUT2D eigenvalue weighted by atomic mass is 35.5. The fourth-order valence-electron chi connectivity index (χ4n) is 2.12. The number of nitrogens with one attached hydrogen (secondary N) is 2. The van der Waals surface area contributed by atoms with Crippen molar-refractivity contribution >= 4 is 35.1 Å². The van der Waals surface area contributed by atoms with Crippen LogP contribution in [0.2, 0.25) is 5.02 Å². The molecular weight excluding hydrogens is 294 g/mol. The van der Waals surface area contributed by atoms with Crippen molar-refractivity contribution in [1.29, 1.82) is 0 Å². The molecule has 2 amide bonds. The van der Waals surface area contributed by atoms with E-state index in [-0.39, 0.29) is 18.2 Å². The first-order valence-electron chi connectivity index (χ1n) is 6.36. The maximum absolute atomic E-state index is 12.0. The lowest BCUT2D eigenvalue weighted by molar-refractivity contribution is -0.125. The number of fused-ring (bicyclic) bond motifs is 1. The van der Waals surface area contributed by atoms with Gasteiger partial charge in [-0.05, 0) is 24.3 Å². The second kappa shape index (κ2) is 5.53. The Kier molecular flexibility index (Phi) is 3.57. The van der Waals surface area contributed by atoms with Gasteiger partial charge in [0.15, 0.2) is 0 Å². The first kappa shape index (κ1) is 13.6. The van der Waals surface area contributed by atoms with Crippen LogP contribution in [-0.4, -0.2) is 26.6 Å². The number of nitrogens with zero attached hydrogens (tertiary/aromatic N) is 3. The highest BCUT2D eigenvalue weighted by Gasteiger charge is 2.29. The lowest BCUT2D eigenvalue weighted by Gasteiger charge is -2.21. The molecule has 3 rings (SSSR count). The van der Waals surface area contributed by atoms with Gasteiger partial charge in [0.2, 0.25) is 17.8 Å². The monoisotopic (exact) mass is 305 g/mol. The van der Waals surface area contributed by atoms with Gasteiger partial charge in [-0.2, -0.15) is 10.1 Å². The van der Waals surface area contributed by atoms with E-state index in [0.29, 0.717) is 23.2 Å². The summed E-state index contributed by atoms with van der Waals surface area (Å²) < 4.78 is 1.57. The first-order chi connectivity index (χ1) is 10.1. The molecule has 2 N–H and O–H groups in total. The minimum absolute atomic E-state index is 0.0771. The Hall–Kier alpha value is -2.41. The van der Waals surface area contributed by atoms with Crippen molar-refractivity contribution in [2.45, 2.75) is 13.0 Å². The van der Waals surface area contributed by atoms with E-state index in [2.05, 4.69) is 20.7 Å². The standard InChI is InChI=1S/C13H12ClN5O2/c14-9-1-3-10(4-2-9)17-11(20)5-8-6-19-13(15-7-16-19)18-12(8)21/h1-4,7-8H,5-6H2,(H,17,20)(H,15,16,18,21). The van der Waals surface area contributed by atoms with Crippen molar-refractivity contribution < 1.29 is 9.59 Å². The van der Waals surface area contributed by atoms with E-state index in [0.717, 1.165) is 0 Å². The molecule has 1 aromatic heterocycles. The van der Waals surface area contributed by atoms with Crippen molar-refractivity contribution in [3.8, 4) is 0 Å². The van der Waals surface area contributed by atoms with Gasteiger partial charge in [0.05, 0.1) is 12.5 Å². The van der Waals surface area contributed by atoms with Crippen LogP contribution in [0.25, 0.3) is 0 Å². The topological polar surface area (TPSA) is 88.9 Å². The van der Waals surface area contributed by atoms with Crippen molar-refractivity contribution in [2.75, 3.05) is 10.6 Å². The van der Waals surface area contributed by atoms with Crippen LogP contribution in [0, 0.1) is 5.92 Å². The zero-order chi connectivity index (χ0) is 14.8. The number of hydrogen-bond acceptors (Lipinski definition) is 4. The molecule has 8 heteroatoms. The zero-order valence-electron chi connectivity index (χ0n) is 10.9. The smallest absolute Gasteiger partial charge is 0.232 e. The number of aromatic nitrogens is 3. The van der Waals surface area contributed by atoms with Gasteiger partial charge in [-0.3, -0.25) is 14.9 Å². The molecule has 1 unspecified atom stereocenters. The Morgan fingerprint density at radius 2 is 2.19 bits per heavy atom. The number of amides is 2. The molecular formula is C13H12ClN5O2. The molecule has 7 nitrogen and oxygen atoms in total. The average Bonchev–Trinajstić information content (AvgIpc) is 2.89. The molecule has 1 atom stereocenters. The lowest BCUT2D eigenvalue weighted by atomic mass is 10.0. The van der Waals surface area contributed by atoms with Gasteiger partial charge in [0.1, 0.15) is 6.33 Å². The Morgan fingerprint density at radius 1 is 1.43 bits per heavy atom. The number of carbonyl (C=O) groups excluding carboxylic acids is 2. The molecule has 21 heavy (non-hydrogen) atoms. The van der Waals surface area contributed by atoms with Crippen molar-refractivity contribution in [2.24, 2.45) is 5.92 Å². The molecule has 0 radical (unpaired) electrons. The Bertz CT molecular complexity index is 682. The van der Waals surface area contributed by atoms with Gasteiger partial charge >= 0.3 is 0 Å². The predicted molar refractivity (Wildman–Crippen MR) is 76.8 cm³/mol. The third kappa shape index (κ3) is 3.03. The molecule has 0 aliphatic carbocycles. The van der Waals surface area contributed by atoms with E-state index in [1.54, 1.807) is 28.9 Å². The van der Waals surface area contributed by atoms with Crippen LogP contribution in [0.5, 0.6) is 0 Å². The van der Waals surface area contributed by atoms with E-state index >= 15 is 0 Å². The minimum Gasteiger partial charge on any atom is -0.326 e. The van der Waals surface area contributed by atoms with Crippen molar-refractivity contribution in [3.05, 3.63) is 35.6 Å². The van der Waals surface area contributed by atoms with Crippen LogP contribution in [0.4, 0.5) is 11.6 Å². The summed E-state index contributed by atoms with van der Waals surface area (Å²) >= 11 is 5.78. The first-order valence-corrected chi connectivity index (χ1v) is 6.74. The van der Waals surface area contributed by atoms with Gasteiger partial charge in [0.25, 0.3) is 0 Å². The molecule has 0 saturated carbocycles. The average molecular weight is 306 g/mol. The lowest BCUT2D eigenvalue weighted by Crippen LogP contribution is -2.36. The highest BCUT2D eigenvalue weighted by Crippen LogP contribution is 2.19. The fraction of sp³-hybridized carbons (Fsp3) is 0.231. The summed E-state index contributed by atoms with van der Waals surface area (Å²) in [7, 11) is 0. The maximum atomic E-state index is 12.0. The van der Waals surface area contributed by atoms with E-state index in [1.807, 2.05) is 0 Å².